The van der Waals surface area contributed by atoms with Crippen LogP contribution in [-0.2, 0) is 55.3 Å². The first-order valence-electron chi connectivity index (χ1n) is 20.6. The summed E-state index contributed by atoms with van der Waals surface area (Å²) in [7, 11) is -8.12. The fourth-order valence-electron chi connectivity index (χ4n) is 6.52. The lowest BCUT2D eigenvalue weighted by atomic mass is 10.1. The number of carbonyl (C=O) groups excluding carboxylic acids is 4. The first-order chi connectivity index (χ1) is 32.3. The summed E-state index contributed by atoms with van der Waals surface area (Å²) >= 11 is 0. The highest BCUT2D eigenvalue weighted by atomic mass is 32.2. The van der Waals surface area contributed by atoms with Gasteiger partial charge in [0, 0.05) is 19.4 Å². The number of sulfonamides is 2. The molecule has 6 aromatic carbocycles. The Morgan fingerprint density at radius 3 is 1.65 bits per heavy atom. The average Bonchev–Trinajstić information content (AvgIpc) is 3.50. The molecule has 0 atom stereocenters. The molecule has 1 aliphatic rings. The Hall–Kier alpha value is -7.78. The third kappa shape index (κ3) is 13.9. The quantitative estimate of drug-likeness (QED) is 0.0623. The number of Topliss-reactive ketones (excluding diaryl/α,β-unsaturated/α-hetero) is 2. The lowest BCUT2D eigenvalue weighted by molar-refractivity contribution is -0.118. The minimum atomic E-state index is -4.15. The van der Waals surface area contributed by atoms with E-state index in [0.717, 1.165) is 5.56 Å². The SMILES string of the molecule is NCCc1ccc(O)c(O)c1.O=C(CNS(=O)(=O)c1ccccc1C(=O)NCCc1ccc(O)c(O)c1)Cc1ccc(O)cc1.O=C(Cc1ccc(O)cc1)CN1C(=O)c2ccccc2S1(=O)=O. The van der Waals surface area contributed by atoms with E-state index in [0.29, 0.717) is 40.4 Å². The number of nitrogens with two attached hydrogens (primary N) is 1. The number of amides is 2. The molecule has 0 spiro atoms. The molecule has 0 unspecified atom stereocenters. The van der Waals surface area contributed by atoms with E-state index in [2.05, 4.69) is 10.0 Å². The normalized spacial score (nSPS) is 12.4. The lowest BCUT2D eigenvalue weighted by Crippen LogP contribution is -2.35. The van der Waals surface area contributed by atoms with E-state index in [-0.39, 0.29) is 80.6 Å². The van der Waals surface area contributed by atoms with Crippen LogP contribution in [0.15, 0.2) is 143 Å². The molecular weight excluding hydrogens is 921 g/mol. The van der Waals surface area contributed by atoms with Crippen molar-refractivity contribution in [2.75, 3.05) is 26.2 Å². The Labute approximate surface area is 391 Å². The second-order valence-corrected chi connectivity index (χ2v) is 18.7. The molecule has 0 aromatic heterocycles. The van der Waals surface area contributed by atoms with Gasteiger partial charge in [-0.2, -0.15) is 0 Å². The van der Waals surface area contributed by atoms with Crippen molar-refractivity contribution in [3.8, 4) is 34.5 Å². The standard InChI is InChI=1S/C24H24N2O7S.C16H13NO5S.C8H11NO2/c27-18-8-5-16(6-9-18)13-19(28)15-26-34(32,33)23-4-2-1-3-20(23)24(31)25-12-11-17-7-10-21(29)22(30)14-17;18-12-7-5-11(6-8-12)9-13(19)10-17-16(20)14-3-1-2-4-15(14)23(17,21)22;9-4-3-6-1-2-7(10)8(11)5-6/h1-10,14,26-27,29-30H,11-13,15H2,(H,25,31);1-8,18H,9-10H2;1-2,5,10-11H,3-4,9H2. The minimum Gasteiger partial charge on any atom is -0.508 e. The maximum Gasteiger partial charge on any atom is 0.269 e. The first-order valence-corrected chi connectivity index (χ1v) is 23.6. The highest BCUT2D eigenvalue weighted by molar-refractivity contribution is 7.90. The summed E-state index contributed by atoms with van der Waals surface area (Å²) in [4.78, 5) is 48.9. The van der Waals surface area contributed by atoms with Crippen LogP contribution in [0.4, 0.5) is 0 Å². The van der Waals surface area contributed by atoms with Crippen LogP contribution in [-0.4, -0.2) is 101 Å². The van der Waals surface area contributed by atoms with Gasteiger partial charge in [-0.1, -0.05) is 60.7 Å². The molecule has 356 valence electrons. The van der Waals surface area contributed by atoms with Crippen molar-refractivity contribution in [2.45, 2.75) is 35.5 Å². The summed E-state index contributed by atoms with van der Waals surface area (Å²) in [5, 5.41) is 58.0. The van der Waals surface area contributed by atoms with Crippen LogP contribution in [0.25, 0.3) is 0 Å². The molecule has 18 nitrogen and oxygen atoms in total. The number of ketones is 2. The monoisotopic (exact) mass is 968 g/mol. The number of hydrogen-bond donors (Lipinski definition) is 9. The van der Waals surface area contributed by atoms with Gasteiger partial charge in [0.1, 0.15) is 16.4 Å². The Morgan fingerprint density at radius 2 is 1.10 bits per heavy atom. The van der Waals surface area contributed by atoms with Crippen molar-refractivity contribution in [2.24, 2.45) is 5.73 Å². The predicted octanol–water partition coefficient (Wildman–Crippen LogP) is 3.81. The molecule has 7 rings (SSSR count). The van der Waals surface area contributed by atoms with Crippen molar-refractivity contribution in [1.82, 2.24) is 14.3 Å². The number of nitrogens with one attached hydrogen (secondary N) is 2. The smallest absolute Gasteiger partial charge is 0.269 e. The number of benzene rings is 6. The maximum atomic E-state index is 12.8. The number of phenols is 6. The summed E-state index contributed by atoms with van der Waals surface area (Å²) in [5.41, 5.74) is 8.18. The van der Waals surface area contributed by atoms with Gasteiger partial charge in [-0.3, -0.25) is 19.2 Å². The number of phenolic OH excluding ortho intramolecular Hbond substituents is 6. The average molecular weight is 969 g/mol. The zero-order valence-electron chi connectivity index (χ0n) is 36.1. The van der Waals surface area contributed by atoms with E-state index in [9.17, 15) is 56.4 Å². The van der Waals surface area contributed by atoms with Gasteiger partial charge in [0.05, 0.1) is 29.1 Å². The van der Waals surface area contributed by atoms with E-state index in [4.69, 9.17) is 15.9 Å². The molecule has 1 aliphatic heterocycles. The third-order valence-corrected chi connectivity index (χ3v) is 13.2. The number of rotatable bonds is 16. The number of nitrogens with zero attached hydrogens (tertiary/aromatic N) is 1. The predicted molar refractivity (Wildman–Crippen MR) is 248 cm³/mol. The van der Waals surface area contributed by atoms with Crippen molar-refractivity contribution < 1.29 is 66.7 Å². The van der Waals surface area contributed by atoms with Crippen LogP contribution in [0.1, 0.15) is 43.0 Å². The molecule has 10 N–H and O–H groups in total. The highest BCUT2D eigenvalue weighted by Gasteiger charge is 2.41. The second-order valence-electron chi connectivity index (χ2n) is 15.1. The third-order valence-electron chi connectivity index (χ3n) is 10.00. The van der Waals surface area contributed by atoms with E-state index in [1.807, 2.05) is 0 Å². The number of carbonyl (C=O) groups is 4. The van der Waals surface area contributed by atoms with E-state index >= 15 is 0 Å². The van der Waals surface area contributed by atoms with E-state index in [1.165, 1.54) is 91.0 Å². The molecule has 1 heterocycles. The number of fused-ring (bicyclic) bond motifs is 1. The Morgan fingerprint density at radius 1 is 0.603 bits per heavy atom. The van der Waals surface area contributed by atoms with Gasteiger partial charge in [-0.25, -0.2) is 25.9 Å². The highest BCUT2D eigenvalue weighted by Crippen LogP contribution is 2.30. The largest absolute Gasteiger partial charge is 0.508 e. The van der Waals surface area contributed by atoms with Crippen molar-refractivity contribution in [1.29, 1.82) is 0 Å². The molecule has 0 aliphatic carbocycles. The van der Waals surface area contributed by atoms with E-state index in [1.54, 1.807) is 42.5 Å². The van der Waals surface area contributed by atoms with Gasteiger partial charge in [-0.15, -0.1) is 0 Å². The molecule has 68 heavy (non-hydrogen) atoms. The fourth-order valence-corrected chi connectivity index (χ4v) is 9.29. The fraction of sp³-hybridized carbons (Fsp3) is 0.167. The summed E-state index contributed by atoms with van der Waals surface area (Å²) in [6, 6.07) is 32.6. The van der Waals surface area contributed by atoms with Crippen molar-refractivity contribution in [3.63, 3.8) is 0 Å². The van der Waals surface area contributed by atoms with Crippen LogP contribution in [0.3, 0.4) is 0 Å². The van der Waals surface area contributed by atoms with Crippen molar-refractivity contribution in [3.05, 3.63) is 167 Å². The van der Waals surface area contributed by atoms with Gasteiger partial charge in [0.2, 0.25) is 10.0 Å². The Kier molecular flexibility index (Phi) is 17.4. The van der Waals surface area contributed by atoms with Gasteiger partial charge < -0.3 is 41.7 Å². The maximum absolute atomic E-state index is 12.8. The summed E-state index contributed by atoms with van der Waals surface area (Å²) in [5.74, 6) is -2.64. The molecule has 0 radical (unpaired) electrons. The first kappa shape index (κ1) is 51.2. The zero-order valence-corrected chi connectivity index (χ0v) is 37.8. The number of aromatic hydroxyl groups is 6. The minimum absolute atomic E-state index is 0.0161. The molecular formula is C48H48N4O14S2. The van der Waals surface area contributed by atoms with Crippen LogP contribution in [0.5, 0.6) is 34.5 Å². The van der Waals surface area contributed by atoms with Crippen LogP contribution >= 0.6 is 0 Å². The van der Waals surface area contributed by atoms with Crippen molar-refractivity contribution >= 4 is 43.4 Å². The van der Waals surface area contributed by atoms with Gasteiger partial charge >= 0.3 is 0 Å². The molecule has 0 fully saturated rings. The molecule has 0 saturated carbocycles. The van der Waals surface area contributed by atoms with Crippen LogP contribution in [0, 0.1) is 0 Å². The topological polar surface area (TPSA) is 311 Å². The van der Waals surface area contributed by atoms with Gasteiger partial charge in [0.15, 0.2) is 34.6 Å². The summed E-state index contributed by atoms with van der Waals surface area (Å²) in [6.45, 7) is -0.250. The Bertz CT molecular complexity index is 3000. The molecule has 2 amide bonds. The second kappa shape index (κ2) is 23.1. The molecule has 6 aromatic rings. The van der Waals surface area contributed by atoms with Crippen LogP contribution < -0.4 is 15.8 Å². The summed E-state index contributed by atoms with van der Waals surface area (Å²) in [6.07, 6.45) is 1.03. The van der Waals surface area contributed by atoms with Gasteiger partial charge in [-0.05, 0) is 114 Å². The molecule has 0 bridgehead atoms. The summed E-state index contributed by atoms with van der Waals surface area (Å²) < 4.78 is 53.1. The molecule has 20 heteroatoms. The Balaban J connectivity index is 0.000000217. The number of hydrogen-bond acceptors (Lipinski definition) is 15. The van der Waals surface area contributed by atoms with Gasteiger partial charge in [0.25, 0.3) is 21.8 Å². The zero-order chi connectivity index (χ0) is 49.6. The lowest BCUT2D eigenvalue weighted by Gasteiger charge is -2.14. The molecule has 0 saturated heterocycles. The van der Waals surface area contributed by atoms with Crippen LogP contribution in [0.2, 0.25) is 0 Å². The van der Waals surface area contributed by atoms with E-state index < -0.39 is 50.7 Å².